The normalized spacial score (nSPS) is 10.7. The zero-order valence-corrected chi connectivity index (χ0v) is 24.1. The lowest BCUT2D eigenvalue weighted by atomic mass is 10.1. The van der Waals surface area contributed by atoms with E-state index in [1.807, 2.05) is 67.6 Å². The predicted molar refractivity (Wildman–Crippen MR) is 169 cm³/mol. The summed E-state index contributed by atoms with van der Waals surface area (Å²) in [6.45, 7) is 2.38. The lowest BCUT2D eigenvalue weighted by Gasteiger charge is -2.10. The predicted octanol–water partition coefficient (Wildman–Crippen LogP) is 7.01. The van der Waals surface area contributed by atoms with Crippen LogP contribution >= 0.6 is 0 Å². The molecule has 0 unspecified atom stereocenters. The molecule has 0 aliphatic heterocycles. The van der Waals surface area contributed by atoms with Crippen LogP contribution in [0.2, 0.25) is 0 Å². The van der Waals surface area contributed by atoms with Gasteiger partial charge < -0.3 is 25.2 Å². The largest absolute Gasteiger partial charge is 0.494 e. The zero-order chi connectivity index (χ0) is 30.9. The first-order valence-corrected chi connectivity index (χ1v) is 14.1. The van der Waals surface area contributed by atoms with Crippen LogP contribution in [-0.4, -0.2) is 34.5 Å². The number of amides is 2. The summed E-state index contributed by atoms with van der Waals surface area (Å²) >= 11 is 0. The fourth-order valence-electron chi connectivity index (χ4n) is 4.56. The Labute approximate surface area is 254 Å². The van der Waals surface area contributed by atoms with Gasteiger partial charge in [0, 0.05) is 24.4 Å². The fourth-order valence-corrected chi connectivity index (χ4v) is 4.56. The molecule has 0 atom stereocenters. The average Bonchev–Trinajstić information content (AvgIpc) is 3.01. The van der Waals surface area contributed by atoms with Crippen LogP contribution in [0.25, 0.3) is 10.8 Å². The summed E-state index contributed by atoms with van der Waals surface area (Å²) in [4.78, 5) is 40.4. The first kappa shape index (κ1) is 29.8. The zero-order valence-electron chi connectivity index (χ0n) is 24.1. The van der Waals surface area contributed by atoms with Gasteiger partial charge in [0.1, 0.15) is 11.5 Å². The third-order valence-electron chi connectivity index (χ3n) is 6.84. The Kier molecular flexibility index (Phi) is 9.46. The number of carbonyl (C=O) groups excluding carboxylic acids is 2. The molecule has 3 N–H and O–H groups in total. The SMILES string of the molecule is Cc1ccccc1NC(=O)CCCOc1ccc2cc(Oc3ccc(CC(=O)Nc4ccccc4C(=O)O)cn3)ccc2c1. The molecule has 0 radical (unpaired) electrons. The molecular formula is C35H31N3O6. The molecule has 0 fully saturated rings. The number of benzene rings is 4. The summed E-state index contributed by atoms with van der Waals surface area (Å²) in [6.07, 6.45) is 2.54. The van der Waals surface area contributed by atoms with Gasteiger partial charge in [-0.25, -0.2) is 9.78 Å². The molecule has 0 spiro atoms. The molecule has 9 nitrogen and oxygen atoms in total. The number of aromatic nitrogens is 1. The standard InChI is InChI=1S/C35H31N3O6/c1-23-7-2-4-9-30(23)37-32(39)11-6-18-43-27-15-13-26-21-28(16-14-25(26)20-27)44-34-17-12-24(22-36-34)19-33(40)38-31-10-5-3-8-29(31)35(41)42/h2-5,7-10,12-17,20-22H,6,11,18-19H2,1H3,(H,37,39)(H,38,40)(H,41,42). The number of hydrogen-bond donors (Lipinski definition) is 3. The highest BCUT2D eigenvalue weighted by molar-refractivity contribution is 6.01. The Morgan fingerprint density at radius 2 is 1.45 bits per heavy atom. The molecule has 5 aromatic rings. The number of aryl methyl sites for hydroxylation is 1. The smallest absolute Gasteiger partial charge is 0.337 e. The Morgan fingerprint density at radius 3 is 2.18 bits per heavy atom. The van der Waals surface area contributed by atoms with Crippen molar-refractivity contribution in [3.05, 3.63) is 120 Å². The quantitative estimate of drug-likeness (QED) is 0.134. The average molecular weight is 590 g/mol. The highest BCUT2D eigenvalue weighted by Crippen LogP contribution is 2.28. The molecule has 0 saturated heterocycles. The minimum Gasteiger partial charge on any atom is -0.494 e. The van der Waals surface area contributed by atoms with E-state index in [-0.39, 0.29) is 29.5 Å². The van der Waals surface area contributed by atoms with E-state index >= 15 is 0 Å². The van der Waals surface area contributed by atoms with Crippen molar-refractivity contribution in [2.45, 2.75) is 26.2 Å². The second kappa shape index (κ2) is 14.0. The minimum absolute atomic E-state index is 0.0255. The number of carbonyl (C=O) groups is 3. The van der Waals surface area contributed by atoms with Crippen LogP contribution in [0.3, 0.4) is 0 Å². The van der Waals surface area contributed by atoms with Crippen LogP contribution in [0.4, 0.5) is 11.4 Å². The van der Waals surface area contributed by atoms with Gasteiger partial charge in [-0.2, -0.15) is 0 Å². The molecule has 222 valence electrons. The molecule has 5 rings (SSSR count). The van der Waals surface area contributed by atoms with E-state index in [0.717, 1.165) is 27.8 Å². The Bertz CT molecular complexity index is 1800. The number of rotatable bonds is 12. The van der Waals surface area contributed by atoms with Gasteiger partial charge in [0.05, 0.1) is 24.3 Å². The molecule has 0 aliphatic rings. The van der Waals surface area contributed by atoms with Gasteiger partial charge in [-0.3, -0.25) is 9.59 Å². The first-order chi connectivity index (χ1) is 21.3. The number of carboxylic acids is 1. The van der Waals surface area contributed by atoms with E-state index in [1.54, 1.807) is 36.5 Å². The Hall–Kier alpha value is -5.70. The molecule has 1 aromatic heterocycles. The van der Waals surface area contributed by atoms with Crippen LogP contribution in [0, 0.1) is 6.92 Å². The van der Waals surface area contributed by atoms with Crippen molar-refractivity contribution >= 4 is 39.9 Å². The van der Waals surface area contributed by atoms with Crippen molar-refractivity contribution < 1.29 is 29.0 Å². The molecule has 2 amide bonds. The molecule has 4 aromatic carbocycles. The fraction of sp³-hybridized carbons (Fsp3) is 0.143. The second-order valence-electron chi connectivity index (χ2n) is 10.2. The lowest BCUT2D eigenvalue weighted by Crippen LogP contribution is -2.16. The lowest BCUT2D eigenvalue weighted by molar-refractivity contribution is -0.116. The number of nitrogens with one attached hydrogen (secondary N) is 2. The van der Waals surface area contributed by atoms with Gasteiger partial charge >= 0.3 is 5.97 Å². The molecule has 1 heterocycles. The summed E-state index contributed by atoms with van der Waals surface area (Å²) in [5, 5.41) is 16.8. The maximum Gasteiger partial charge on any atom is 0.337 e. The monoisotopic (exact) mass is 589 g/mol. The van der Waals surface area contributed by atoms with Crippen molar-refractivity contribution in [2.24, 2.45) is 0 Å². The second-order valence-corrected chi connectivity index (χ2v) is 10.2. The topological polar surface area (TPSA) is 127 Å². The van der Waals surface area contributed by atoms with E-state index in [2.05, 4.69) is 15.6 Å². The van der Waals surface area contributed by atoms with Gasteiger partial charge in [0.25, 0.3) is 0 Å². The van der Waals surface area contributed by atoms with Crippen molar-refractivity contribution in [3.63, 3.8) is 0 Å². The summed E-state index contributed by atoms with van der Waals surface area (Å²) in [6, 6.07) is 28.8. The van der Waals surface area contributed by atoms with Crippen molar-refractivity contribution in [2.75, 3.05) is 17.2 Å². The number of anilines is 2. The number of fused-ring (bicyclic) bond motifs is 1. The van der Waals surface area contributed by atoms with Gasteiger partial charge in [0.2, 0.25) is 17.7 Å². The molecule has 0 aliphatic carbocycles. The van der Waals surface area contributed by atoms with Crippen LogP contribution in [0.5, 0.6) is 17.4 Å². The Morgan fingerprint density at radius 1 is 0.773 bits per heavy atom. The van der Waals surface area contributed by atoms with E-state index in [9.17, 15) is 19.5 Å². The Balaban J connectivity index is 1.10. The third-order valence-corrected chi connectivity index (χ3v) is 6.84. The number of pyridine rings is 1. The number of nitrogens with zero attached hydrogens (tertiary/aromatic N) is 1. The number of carboxylic acid groups (broad SMARTS) is 1. The molecule has 0 bridgehead atoms. The van der Waals surface area contributed by atoms with Crippen LogP contribution in [0.15, 0.2) is 103 Å². The van der Waals surface area contributed by atoms with E-state index in [4.69, 9.17) is 9.47 Å². The van der Waals surface area contributed by atoms with Crippen LogP contribution < -0.4 is 20.1 Å². The van der Waals surface area contributed by atoms with Gasteiger partial charge in [-0.15, -0.1) is 0 Å². The molecule has 9 heteroatoms. The number of ether oxygens (including phenoxy) is 2. The minimum atomic E-state index is -1.11. The number of aromatic carboxylic acids is 1. The summed E-state index contributed by atoms with van der Waals surface area (Å²) in [5.41, 5.74) is 2.77. The van der Waals surface area contributed by atoms with Crippen LogP contribution in [0.1, 0.15) is 34.3 Å². The van der Waals surface area contributed by atoms with Crippen molar-refractivity contribution in [3.8, 4) is 17.4 Å². The van der Waals surface area contributed by atoms with Gasteiger partial charge in [-0.05, 0) is 77.7 Å². The third kappa shape index (κ3) is 7.98. The van der Waals surface area contributed by atoms with Gasteiger partial charge in [-0.1, -0.05) is 48.5 Å². The molecule has 0 saturated carbocycles. The summed E-state index contributed by atoms with van der Waals surface area (Å²) in [7, 11) is 0. The first-order valence-electron chi connectivity index (χ1n) is 14.1. The summed E-state index contributed by atoms with van der Waals surface area (Å²) in [5.74, 6) is 0.195. The van der Waals surface area contributed by atoms with Crippen LogP contribution in [-0.2, 0) is 16.0 Å². The van der Waals surface area contributed by atoms with Crippen molar-refractivity contribution in [1.29, 1.82) is 0 Å². The highest BCUT2D eigenvalue weighted by Gasteiger charge is 2.13. The van der Waals surface area contributed by atoms with Gasteiger partial charge in [0.15, 0.2) is 0 Å². The number of para-hydroxylation sites is 2. The highest BCUT2D eigenvalue weighted by atomic mass is 16.5. The molecular weight excluding hydrogens is 558 g/mol. The number of hydrogen-bond acceptors (Lipinski definition) is 6. The van der Waals surface area contributed by atoms with E-state index in [0.29, 0.717) is 36.6 Å². The maximum atomic E-state index is 12.5. The summed E-state index contributed by atoms with van der Waals surface area (Å²) < 4.78 is 11.8. The molecule has 44 heavy (non-hydrogen) atoms. The van der Waals surface area contributed by atoms with E-state index in [1.165, 1.54) is 6.07 Å². The van der Waals surface area contributed by atoms with Crippen molar-refractivity contribution in [1.82, 2.24) is 4.98 Å². The van der Waals surface area contributed by atoms with E-state index < -0.39 is 5.97 Å². The maximum absolute atomic E-state index is 12.5.